The normalized spacial score (nSPS) is 10.7. The zero-order valence-corrected chi connectivity index (χ0v) is 20.7. The summed E-state index contributed by atoms with van der Waals surface area (Å²) in [7, 11) is 0. The van der Waals surface area contributed by atoms with Crippen LogP contribution in [0.1, 0.15) is 39.8 Å². The highest BCUT2D eigenvalue weighted by molar-refractivity contribution is 6.12. The summed E-state index contributed by atoms with van der Waals surface area (Å²) < 4.78 is 10.3. The van der Waals surface area contributed by atoms with Crippen molar-refractivity contribution >= 4 is 34.1 Å². The van der Waals surface area contributed by atoms with Crippen LogP contribution in [0.25, 0.3) is 22.3 Å². The van der Waals surface area contributed by atoms with Crippen molar-refractivity contribution in [1.82, 2.24) is 15.1 Å². The van der Waals surface area contributed by atoms with E-state index in [4.69, 9.17) is 4.74 Å². The first-order valence-electron chi connectivity index (χ1n) is 12.0. The number of fused-ring (bicyclic) bond motifs is 1. The van der Waals surface area contributed by atoms with Crippen LogP contribution in [-0.2, 0) is 0 Å². The number of nitrogens with one attached hydrogen (secondary N) is 4. The van der Waals surface area contributed by atoms with E-state index in [1.165, 1.54) is 18.2 Å². The number of nitriles is 1. The van der Waals surface area contributed by atoms with E-state index in [1.54, 1.807) is 42.5 Å². The number of amides is 2. The zero-order valence-electron chi connectivity index (χ0n) is 20.7. The number of ether oxygens (including phenoxy) is 1. The Morgan fingerprint density at radius 3 is 2.59 bits per heavy atom. The summed E-state index contributed by atoms with van der Waals surface area (Å²) in [5.74, 6) is -1.05. The third-order valence-electron chi connectivity index (χ3n) is 5.83. The molecule has 194 valence electrons. The van der Waals surface area contributed by atoms with Crippen molar-refractivity contribution in [3.63, 3.8) is 0 Å². The summed E-state index contributed by atoms with van der Waals surface area (Å²) in [5.41, 5.74) is 2.58. The Bertz CT molecular complexity index is 1790. The number of benzene rings is 3. The molecule has 5 aromatic rings. The third kappa shape index (κ3) is 5.26. The second-order valence-corrected chi connectivity index (χ2v) is 8.52. The van der Waals surface area contributed by atoms with Gasteiger partial charge < -0.3 is 20.4 Å². The number of hydrogen-bond donors (Lipinski definition) is 4. The topological polar surface area (TPSA) is 166 Å². The van der Waals surface area contributed by atoms with Gasteiger partial charge in [-0.3, -0.25) is 19.1 Å². The van der Waals surface area contributed by atoms with Crippen LogP contribution in [0, 0.1) is 11.3 Å². The van der Waals surface area contributed by atoms with Gasteiger partial charge in [-0.05, 0) is 48.9 Å². The Labute approximate surface area is 221 Å². The molecule has 0 aliphatic heterocycles. The maximum absolute atomic E-state index is 13.2. The van der Waals surface area contributed by atoms with E-state index in [-0.39, 0.29) is 17.4 Å². The second kappa shape index (κ2) is 10.8. The summed E-state index contributed by atoms with van der Waals surface area (Å²) in [6.07, 6.45) is 0.809. The van der Waals surface area contributed by atoms with Gasteiger partial charge in [0, 0.05) is 10.9 Å². The number of carbonyl (C=O) groups is 2. The summed E-state index contributed by atoms with van der Waals surface area (Å²) in [6.45, 7) is 2.47. The lowest BCUT2D eigenvalue weighted by molar-refractivity contribution is 0.101. The Hall–Kier alpha value is -5.63. The SMILES string of the molecule is CCCOc1ccccc1C(=O)Nc1cccc2cc(C(=O)Nc3ccc(C#N)cc3-c3noc(=O)[nH]3)[nH]c12. The number of anilines is 2. The number of hydrogen-bond acceptors (Lipinski definition) is 7. The lowest BCUT2D eigenvalue weighted by Gasteiger charge is -2.11. The smallest absolute Gasteiger partial charge is 0.439 e. The minimum atomic E-state index is -0.769. The molecule has 4 N–H and O–H groups in total. The van der Waals surface area contributed by atoms with Crippen LogP contribution in [0.2, 0.25) is 0 Å². The number of nitrogens with zero attached hydrogens (tertiary/aromatic N) is 2. The molecule has 11 heteroatoms. The van der Waals surface area contributed by atoms with Crippen molar-refractivity contribution in [1.29, 1.82) is 5.26 Å². The van der Waals surface area contributed by atoms with Crippen LogP contribution >= 0.6 is 0 Å². The van der Waals surface area contributed by atoms with E-state index >= 15 is 0 Å². The monoisotopic (exact) mass is 522 g/mol. The number of para-hydroxylation sites is 2. The number of rotatable bonds is 8. The fraction of sp³-hybridized carbons (Fsp3) is 0.107. The average Bonchev–Trinajstić information content (AvgIpc) is 3.59. The molecule has 0 atom stereocenters. The largest absolute Gasteiger partial charge is 0.493 e. The Morgan fingerprint density at radius 2 is 1.82 bits per heavy atom. The molecule has 0 unspecified atom stereocenters. The quantitative estimate of drug-likeness (QED) is 0.230. The zero-order chi connectivity index (χ0) is 27.4. The highest BCUT2D eigenvalue weighted by Crippen LogP contribution is 2.29. The standard InChI is InChI=1S/C28H22N6O5/c1-2-12-38-23-9-4-3-7-18(23)26(35)32-21-8-5-6-17-14-22(30-24(17)21)27(36)31-20-11-10-16(15-29)13-19(20)25-33-28(37)39-34-25/h3-11,13-14,30H,2,12H2,1H3,(H,31,36)(H,32,35)(H,33,34,37). The highest BCUT2D eigenvalue weighted by atomic mass is 16.5. The van der Waals surface area contributed by atoms with Crippen LogP contribution in [0.5, 0.6) is 5.75 Å². The second-order valence-electron chi connectivity index (χ2n) is 8.52. The molecule has 11 nitrogen and oxygen atoms in total. The van der Waals surface area contributed by atoms with Gasteiger partial charge in [-0.15, -0.1) is 0 Å². The molecule has 0 fully saturated rings. The van der Waals surface area contributed by atoms with E-state index in [2.05, 4.69) is 30.3 Å². The molecule has 3 aromatic carbocycles. The van der Waals surface area contributed by atoms with Gasteiger partial charge in [0.25, 0.3) is 11.8 Å². The molecule has 0 aliphatic rings. The first-order chi connectivity index (χ1) is 19.0. The predicted molar refractivity (Wildman–Crippen MR) is 144 cm³/mol. The third-order valence-corrected chi connectivity index (χ3v) is 5.83. The van der Waals surface area contributed by atoms with Gasteiger partial charge in [0.2, 0.25) is 0 Å². The Balaban J connectivity index is 1.42. The number of aromatic nitrogens is 3. The maximum atomic E-state index is 13.2. The van der Waals surface area contributed by atoms with E-state index in [0.29, 0.717) is 51.3 Å². The molecule has 0 saturated heterocycles. The fourth-order valence-electron chi connectivity index (χ4n) is 4.02. The summed E-state index contributed by atoms with van der Waals surface area (Å²) in [6, 6.07) is 20.5. The van der Waals surface area contributed by atoms with Gasteiger partial charge in [-0.1, -0.05) is 36.3 Å². The molecular formula is C28H22N6O5. The van der Waals surface area contributed by atoms with Gasteiger partial charge in [0.1, 0.15) is 11.4 Å². The van der Waals surface area contributed by atoms with Crippen molar-refractivity contribution < 1.29 is 18.8 Å². The van der Waals surface area contributed by atoms with E-state index in [1.807, 2.05) is 19.1 Å². The molecular weight excluding hydrogens is 500 g/mol. The molecule has 0 spiro atoms. The molecule has 0 bridgehead atoms. The Kier molecular flexibility index (Phi) is 6.92. The van der Waals surface area contributed by atoms with Crippen LogP contribution < -0.4 is 21.1 Å². The summed E-state index contributed by atoms with van der Waals surface area (Å²) in [5, 5.41) is 19.3. The predicted octanol–water partition coefficient (Wildman–Crippen LogP) is 4.68. The molecule has 2 amide bonds. The van der Waals surface area contributed by atoms with Crippen molar-refractivity contribution in [3.8, 4) is 23.2 Å². The van der Waals surface area contributed by atoms with Crippen molar-refractivity contribution in [2.75, 3.05) is 17.2 Å². The van der Waals surface area contributed by atoms with E-state index in [0.717, 1.165) is 6.42 Å². The van der Waals surface area contributed by atoms with E-state index in [9.17, 15) is 19.6 Å². The van der Waals surface area contributed by atoms with Gasteiger partial charge in [0.15, 0.2) is 5.82 Å². The van der Waals surface area contributed by atoms with Crippen LogP contribution in [0.3, 0.4) is 0 Å². The highest BCUT2D eigenvalue weighted by Gasteiger charge is 2.18. The average molecular weight is 523 g/mol. The molecule has 0 aliphatic carbocycles. The maximum Gasteiger partial charge on any atom is 0.439 e. The van der Waals surface area contributed by atoms with Gasteiger partial charge in [0.05, 0.1) is 40.7 Å². The van der Waals surface area contributed by atoms with Crippen LogP contribution in [0.15, 0.2) is 76.0 Å². The lowest BCUT2D eigenvalue weighted by Crippen LogP contribution is -2.14. The minimum absolute atomic E-state index is 0.0669. The van der Waals surface area contributed by atoms with Crippen LogP contribution in [0.4, 0.5) is 11.4 Å². The van der Waals surface area contributed by atoms with Crippen molar-refractivity contribution in [2.45, 2.75) is 13.3 Å². The fourth-order valence-corrected chi connectivity index (χ4v) is 4.02. The molecule has 0 radical (unpaired) electrons. The van der Waals surface area contributed by atoms with Gasteiger partial charge in [-0.2, -0.15) is 5.26 Å². The molecule has 2 heterocycles. The number of carbonyl (C=O) groups excluding carboxylic acids is 2. The van der Waals surface area contributed by atoms with E-state index < -0.39 is 11.7 Å². The van der Waals surface area contributed by atoms with Crippen LogP contribution in [-0.4, -0.2) is 33.5 Å². The lowest BCUT2D eigenvalue weighted by atomic mass is 10.1. The summed E-state index contributed by atoms with van der Waals surface area (Å²) in [4.78, 5) is 43.3. The molecule has 39 heavy (non-hydrogen) atoms. The van der Waals surface area contributed by atoms with Gasteiger partial charge in [-0.25, -0.2) is 4.79 Å². The molecule has 5 rings (SSSR count). The number of H-pyrrole nitrogens is 2. The van der Waals surface area contributed by atoms with Crippen molar-refractivity contribution in [2.24, 2.45) is 0 Å². The first-order valence-corrected chi connectivity index (χ1v) is 12.0. The molecule has 2 aromatic heterocycles. The molecule has 0 saturated carbocycles. The summed E-state index contributed by atoms with van der Waals surface area (Å²) >= 11 is 0. The number of aromatic amines is 2. The minimum Gasteiger partial charge on any atom is -0.493 e. The van der Waals surface area contributed by atoms with Crippen molar-refractivity contribution in [3.05, 3.63) is 94.1 Å². The van der Waals surface area contributed by atoms with Gasteiger partial charge >= 0.3 is 5.76 Å². The first kappa shape index (κ1) is 25.0. The Morgan fingerprint density at radius 1 is 1.00 bits per heavy atom.